The Bertz CT molecular complexity index is 490. The first-order valence-corrected chi connectivity index (χ1v) is 6.51. The lowest BCUT2D eigenvalue weighted by atomic mass is 10.1. The Morgan fingerprint density at radius 3 is 2.53 bits per heavy atom. The van der Waals surface area contributed by atoms with Crippen molar-refractivity contribution in [3.8, 4) is 0 Å². The van der Waals surface area contributed by atoms with Gasteiger partial charge in [0, 0.05) is 24.1 Å². The van der Waals surface area contributed by atoms with E-state index in [1.165, 1.54) is 4.90 Å². The van der Waals surface area contributed by atoms with Gasteiger partial charge in [-0.2, -0.15) is 0 Å². The van der Waals surface area contributed by atoms with E-state index in [4.69, 9.17) is 23.2 Å². The van der Waals surface area contributed by atoms with E-state index in [2.05, 4.69) is 5.32 Å². The number of benzene rings is 1. The van der Waals surface area contributed by atoms with Gasteiger partial charge >= 0.3 is 0 Å². The lowest BCUT2D eigenvalue weighted by molar-refractivity contribution is -0.133. The van der Waals surface area contributed by atoms with E-state index in [0.717, 1.165) is 0 Å². The van der Waals surface area contributed by atoms with Gasteiger partial charge in [-0.1, -0.05) is 23.2 Å². The van der Waals surface area contributed by atoms with Crippen molar-refractivity contribution in [2.24, 2.45) is 0 Å². The molecular formula is C13H16Cl2N2O2. The van der Waals surface area contributed by atoms with E-state index in [9.17, 15) is 9.59 Å². The van der Waals surface area contributed by atoms with Crippen LogP contribution >= 0.6 is 23.2 Å². The minimum atomic E-state index is -0.569. The van der Waals surface area contributed by atoms with Crippen molar-refractivity contribution in [1.82, 2.24) is 10.2 Å². The van der Waals surface area contributed by atoms with Crippen LogP contribution < -0.4 is 5.32 Å². The highest BCUT2D eigenvalue weighted by atomic mass is 35.5. The van der Waals surface area contributed by atoms with Gasteiger partial charge in [-0.15, -0.1) is 0 Å². The highest BCUT2D eigenvalue weighted by Gasteiger charge is 2.17. The van der Waals surface area contributed by atoms with E-state index >= 15 is 0 Å². The summed E-state index contributed by atoms with van der Waals surface area (Å²) in [5.41, 5.74) is 0.635. The van der Waals surface area contributed by atoms with Gasteiger partial charge in [-0.3, -0.25) is 9.59 Å². The van der Waals surface area contributed by atoms with Crippen molar-refractivity contribution in [3.05, 3.63) is 33.8 Å². The van der Waals surface area contributed by atoms with Gasteiger partial charge < -0.3 is 10.2 Å². The first kappa shape index (κ1) is 15.8. The van der Waals surface area contributed by atoms with E-state index < -0.39 is 6.04 Å². The maximum absolute atomic E-state index is 11.8. The average molecular weight is 303 g/mol. The van der Waals surface area contributed by atoms with Gasteiger partial charge in [-0.25, -0.2) is 0 Å². The molecule has 0 heterocycles. The summed E-state index contributed by atoms with van der Waals surface area (Å²) in [4.78, 5) is 24.9. The van der Waals surface area contributed by atoms with Gasteiger partial charge in [0.25, 0.3) is 0 Å². The van der Waals surface area contributed by atoms with Gasteiger partial charge in [0.2, 0.25) is 11.8 Å². The molecule has 1 atom stereocenters. The Labute approximate surface area is 122 Å². The molecule has 4 nitrogen and oxygen atoms in total. The Morgan fingerprint density at radius 2 is 1.95 bits per heavy atom. The Hall–Kier alpha value is -1.26. The van der Waals surface area contributed by atoms with Gasteiger partial charge in [0.1, 0.15) is 6.04 Å². The van der Waals surface area contributed by atoms with E-state index in [-0.39, 0.29) is 18.2 Å². The second kappa shape index (κ2) is 6.78. The molecule has 1 rings (SSSR count). The van der Waals surface area contributed by atoms with Crippen LogP contribution in [0.5, 0.6) is 0 Å². The molecule has 0 aliphatic carbocycles. The third-order valence-electron chi connectivity index (χ3n) is 2.55. The SMILES string of the molecule is CC(NC(=O)Cc1cc(Cl)ccc1Cl)C(=O)N(C)C. The molecule has 6 heteroatoms. The zero-order valence-electron chi connectivity index (χ0n) is 11.0. The summed E-state index contributed by atoms with van der Waals surface area (Å²) >= 11 is 11.8. The summed E-state index contributed by atoms with van der Waals surface area (Å²) in [5.74, 6) is -0.433. The van der Waals surface area contributed by atoms with Crippen molar-refractivity contribution < 1.29 is 9.59 Å². The Morgan fingerprint density at radius 1 is 1.32 bits per heavy atom. The maximum atomic E-state index is 11.8. The van der Waals surface area contributed by atoms with Crippen molar-refractivity contribution in [3.63, 3.8) is 0 Å². The Kier molecular flexibility index (Phi) is 5.63. The van der Waals surface area contributed by atoms with Crippen molar-refractivity contribution in [1.29, 1.82) is 0 Å². The van der Waals surface area contributed by atoms with Crippen LogP contribution in [0.15, 0.2) is 18.2 Å². The number of carbonyl (C=O) groups excluding carboxylic acids is 2. The number of nitrogens with zero attached hydrogens (tertiary/aromatic N) is 1. The fourth-order valence-corrected chi connectivity index (χ4v) is 1.97. The molecule has 1 aromatic rings. The van der Waals surface area contributed by atoms with Crippen LogP contribution in [0.4, 0.5) is 0 Å². The molecule has 0 saturated heterocycles. The predicted octanol–water partition coefficient (Wildman–Crippen LogP) is 2.13. The molecule has 0 saturated carbocycles. The van der Waals surface area contributed by atoms with Crippen molar-refractivity contribution in [2.75, 3.05) is 14.1 Å². The number of nitrogens with one attached hydrogen (secondary N) is 1. The minimum absolute atomic E-state index is 0.0877. The number of hydrogen-bond donors (Lipinski definition) is 1. The van der Waals surface area contributed by atoms with Crippen molar-refractivity contribution in [2.45, 2.75) is 19.4 Å². The molecule has 104 valence electrons. The van der Waals surface area contributed by atoms with Crippen LogP contribution in [0, 0.1) is 0 Å². The molecule has 1 N–H and O–H groups in total. The molecule has 0 aliphatic heterocycles. The number of halogens is 2. The van der Waals surface area contributed by atoms with E-state index in [0.29, 0.717) is 15.6 Å². The minimum Gasteiger partial charge on any atom is -0.347 e. The summed E-state index contributed by atoms with van der Waals surface area (Å²) in [6, 6.07) is 4.37. The van der Waals surface area contributed by atoms with Crippen LogP contribution in [0.25, 0.3) is 0 Å². The molecule has 0 bridgehead atoms. The number of amides is 2. The molecule has 0 aromatic heterocycles. The molecule has 19 heavy (non-hydrogen) atoms. The summed E-state index contributed by atoms with van der Waals surface area (Å²) in [6.45, 7) is 1.64. The average Bonchev–Trinajstić information content (AvgIpc) is 2.32. The van der Waals surface area contributed by atoms with Crippen LogP contribution in [0.2, 0.25) is 10.0 Å². The summed E-state index contributed by atoms with van der Waals surface area (Å²) in [7, 11) is 3.28. The van der Waals surface area contributed by atoms with Crippen molar-refractivity contribution >= 4 is 35.0 Å². The van der Waals surface area contributed by atoms with Crippen LogP contribution in [0.3, 0.4) is 0 Å². The van der Waals surface area contributed by atoms with Gasteiger partial charge in [-0.05, 0) is 30.7 Å². The molecular weight excluding hydrogens is 287 g/mol. The molecule has 0 spiro atoms. The van der Waals surface area contributed by atoms with Crippen LogP contribution in [-0.2, 0) is 16.0 Å². The summed E-state index contributed by atoms with van der Waals surface area (Å²) < 4.78 is 0. The predicted molar refractivity (Wildman–Crippen MR) is 76.5 cm³/mol. The second-order valence-corrected chi connectivity index (χ2v) is 5.28. The molecule has 0 radical (unpaired) electrons. The van der Waals surface area contributed by atoms with Crippen LogP contribution in [-0.4, -0.2) is 36.9 Å². The van der Waals surface area contributed by atoms with E-state index in [1.807, 2.05) is 0 Å². The Balaban J connectivity index is 2.65. The fourth-order valence-electron chi connectivity index (χ4n) is 1.59. The first-order valence-electron chi connectivity index (χ1n) is 5.75. The third-order valence-corrected chi connectivity index (χ3v) is 3.15. The quantitative estimate of drug-likeness (QED) is 0.926. The summed E-state index contributed by atoms with van der Waals surface area (Å²) in [6.07, 6.45) is 0.0877. The first-order chi connectivity index (χ1) is 8.81. The third kappa shape index (κ3) is 4.73. The number of carbonyl (C=O) groups is 2. The number of rotatable bonds is 4. The molecule has 1 unspecified atom stereocenters. The molecule has 2 amide bonds. The molecule has 0 fully saturated rings. The lowest BCUT2D eigenvalue weighted by Crippen LogP contribution is -2.44. The second-order valence-electron chi connectivity index (χ2n) is 4.43. The number of hydrogen-bond acceptors (Lipinski definition) is 2. The topological polar surface area (TPSA) is 49.4 Å². The smallest absolute Gasteiger partial charge is 0.244 e. The number of likely N-dealkylation sites (N-methyl/N-ethyl adjacent to an activating group) is 1. The zero-order chi connectivity index (χ0) is 14.6. The normalized spacial score (nSPS) is 11.8. The monoisotopic (exact) mass is 302 g/mol. The molecule has 1 aromatic carbocycles. The highest BCUT2D eigenvalue weighted by molar-refractivity contribution is 6.33. The standard InChI is InChI=1S/C13H16Cl2N2O2/c1-8(13(19)17(2)3)16-12(18)7-9-6-10(14)4-5-11(9)15/h4-6,8H,7H2,1-3H3,(H,16,18). The zero-order valence-corrected chi connectivity index (χ0v) is 12.5. The fraction of sp³-hybridized carbons (Fsp3) is 0.385. The van der Waals surface area contributed by atoms with Gasteiger partial charge in [0.05, 0.1) is 6.42 Å². The largest absolute Gasteiger partial charge is 0.347 e. The maximum Gasteiger partial charge on any atom is 0.244 e. The van der Waals surface area contributed by atoms with E-state index in [1.54, 1.807) is 39.2 Å². The summed E-state index contributed by atoms with van der Waals surface area (Å²) in [5, 5.41) is 3.62. The highest BCUT2D eigenvalue weighted by Crippen LogP contribution is 2.20. The molecule has 0 aliphatic rings. The lowest BCUT2D eigenvalue weighted by Gasteiger charge is -2.18. The van der Waals surface area contributed by atoms with Gasteiger partial charge in [0.15, 0.2) is 0 Å². The van der Waals surface area contributed by atoms with Crippen LogP contribution in [0.1, 0.15) is 12.5 Å².